The topological polar surface area (TPSA) is 42.4 Å². The highest BCUT2D eigenvalue weighted by molar-refractivity contribution is 7.13. The van der Waals surface area contributed by atoms with E-state index in [1.54, 1.807) is 0 Å². The molecule has 0 spiro atoms. The molecule has 1 amide bonds. The number of hydrogen-bond donors (Lipinski definition) is 0. The van der Waals surface area contributed by atoms with Gasteiger partial charge >= 0.3 is 0 Å². The van der Waals surface area contributed by atoms with Crippen LogP contribution in [0.4, 0.5) is 0 Å². The molecule has 0 aliphatic carbocycles. The molecule has 1 aromatic heterocycles. The van der Waals surface area contributed by atoms with Crippen molar-refractivity contribution < 1.29 is 9.53 Å². The number of nitrogens with zero attached hydrogens (tertiary/aromatic N) is 2. The molecule has 0 N–H and O–H groups in total. The van der Waals surface area contributed by atoms with Gasteiger partial charge in [0.05, 0.1) is 13.2 Å². The van der Waals surface area contributed by atoms with Crippen LogP contribution in [0.15, 0.2) is 66.0 Å². The van der Waals surface area contributed by atoms with E-state index in [9.17, 15) is 4.79 Å². The van der Waals surface area contributed by atoms with Crippen molar-refractivity contribution >= 4 is 17.2 Å². The van der Waals surface area contributed by atoms with Crippen LogP contribution >= 0.6 is 11.3 Å². The number of likely N-dealkylation sites (tertiary alicyclic amines) is 1. The van der Waals surface area contributed by atoms with Gasteiger partial charge in [-0.25, -0.2) is 4.98 Å². The van der Waals surface area contributed by atoms with Gasteiger partial charge in [0.15, 0.2) is 0 Å². The lowest BCUT2D eigenvalue weighted by molar-refractivity contribution is 0.0423. The summed E-state index contributed by atoms with van der Waals surface area (Å²) in [5, 5.41) is 2.77. The second kappa shape index (κ2) is 9.13. The third-order valence-corrected chi connectivity index (χ3v) is 5.91. The molecule has 1 aliphatic heterocycles. The fourth-order valence-corrected chi connectivity index (χ4v) is 4.35. The van der Waals surface area contributed by atoms with Gasteiger partial charge in [-0.15, -0.1) is 11.3 Å². The summed E-state index contributed by atoms with van der Waals surface area (Å²) < 4.78 is 5.90. The first-order valence-electron chi connectivity index (χ1n) is 9.71. The predicted octanol–water partition coefficient (Wildman–Crippen LogP) is 4.88. The number of rotatable bonds is 6. The second-order valence-corrected chi connectivity index (χ2v) is 8.02. The number of hydrogen-bond acceptors (Lipinski definition) is 4. The van der Waals surface area contributed by atoms with Gasteiger partial charge < -0.3 is 9.64 Å². The molecular weight excluding hydrogens is 368 g/mol. The highest BCUT2D eigenvalue weighted by Crippen LogP contribution is 2.25. The summed E-state index contributed by atoms with van der Waals surface area (Å²) in [6, 6.07) is 20.2. The molecule has 28 heavy (non-hydrogen) atoms. The smallest absolute Gasteiger partial charge is 0.273 e. The zero-order valence-corrected chi connectivity index (χ0v) is 16.6. The molecule has 1 atom stereocenters. The Morgan fingerprint density at radius 2 is 1.86 bits per heavy atom. The van der Waals surface area contributed by atoms with Crippen LogP contribution < -0.4 is 0 Å². The van der Waals surface area contributed by atoms with Gasteiger partial charge in [0, 0.05) is 24.0 Å². The van der Waals surface area contributed by atoms with Crippen molar-refractivity contribution in [3.63, 3.8) is 0 Å². The number of piperidine rings is 1. The van der Waals surface area contributed by atoms with Crippen molar-refractivity contribution in [2.45, 2.75) is 19.4 Å². The quantitative estimate of drug-likeness (QED) is 0.600. The maximum absolute atomic E-state index is 12.9. The zero-order chi connectivity index (χ0) is 19.2. The first-order chi connectivity index (χ1) is 13.8. The molecule has 0 bridgehead atoms. The Hall–Kier alpha value is -2.50. The largest absolute Gasteiger partial charge is 0.376 e. The third-order valence-electron chi connectivity index (χ3n) is 5.02. The Labute approximate surface area is 169 Å². The maximum Gasteiger partial charge on any atom is 0.273 e. The summed E-state index contributed by atoms with van der Waals surface area (Å²) in [4.78, 5) is 19.4. The van der Waals surface area contributed by atoms with Crippen molar-refractivity contribution in [3.05, 3.63) is 77.3 Å². The van der Waals surface area contributed by atoms with E-state index in [1.807, 2.05) is 58.8 Å². The van der Waals surface area contributed by atoms with E-state index in [0.717, 1.165) is 36.5 Å². The molecule has 4 nitrogen and oxygen atoms in total. The Kier molecular flexibility index (Phi) is 6.14. The summed E-state index contributed by atoms with van der Waals surface area (Å²) in [5.74, 6) is 0.417. The molecule has 5 heteroatoms. The van der Waals surface area contributed by atoms with Crippen molar-refractivity contribution in [1.82, 2.24) is 9.88 Å². The van der Waals surface area contributed by atoms with Crippen molar-refractivity contribution in [1.29, 1.82) is 0 Å². The highest BCUT2D eigenvalue weighted by Gasteiger charge is 2.26. The molecule has 3 aromatic rings. The first-order valence-corrected chi connectivity index (χ1v) is 10.6. The van der Waals surface area contributed by atoms with Crippen LogP contribution in [-0.2, 0) is 11.3 Å². The van der Waals surface area contributed by atoms with Crippen molar-refractivity contribution in [3.8, 4) is 10.6 Å². The molecule has 0 saturated carbocycles. The molecule has 2 aromatic carbocycles. The number of benzene rings is 2. The van der Waals surface area contributed by atoms with Crippen LogP contribution in [0, 0.1) is 5.92 Å². The van der Waals surface area contributed by atoms with Crippen LogP contribution in [0.2, 0.25) is 0 Å². The van der Waals surface area contributed by atoms with E-state index in [2.05, 4.69) is 17.1 Å². The average Bonchev–Trinajstić information content (AvgIpc) is 3.25. The van der Waals surface area contributed by atoms with E-state index in [4.69, 9.17) is 4.74 Å². The van der Waals surface area contributed by atoms with Gasteiger partial charge in [-0.05, 0) is 24.3 Å². The van der Waals surface area contributed by atoms with E-state index < -0.39 is 0 Å². The van der Waals surface area contributed by atoms with E-state index in [1.165, 1.54) is 16.9 Å². The number of carbonyl (C=O) groups is 1. The molecule has 2 heterocycles. The molecule has 144 valence electrons. The number of ether oxygens (including phenoxy) is 1. The summed E-state index contributed by atoms with van der Waals surface area (Å²) >= 11 is 1.52. The molecule has 1 unspecified atom stereocenters. The normalized spacial score (nSPS) is 16.9. The monoisotopic (exact) mass is 392 g/mol. The van der Waals surface area contributed by atoms with Crippen LogP contribution in [0.3, 0.4) is 0 Å². The fraction of sp³-hybridized carbons (Fsp3) is 0.304. The van der Waals surface area contributed by atoms with Crippen molar-refractivity contribution in [2.24, 2.45) is 5.92 Å². The van der Waals surface area contributed by atoms with Gasteiger partial charge in [-0.2, -0.15) is 0 Å². The summed E-state index contributed by atoms with van der Waals surface area (Å²) in [6.45, 7) is 2.85. The summed E-state index contributed by atoms with van der Waals surface area (Å²) in [7, 11) is 0. The van der Waals surface area contributed by atoms with Gasteiger partial charge in [0.1, 0.15) is 10.7 Å². The van der Waals surface area contributed by atoms with Crippen molar-refractivity contribution in [2.75, 3.05) is 19.7 Å². The van der Waals surface area contributed by atoms with Gasteiger partial charge in [-0.1, -0.05) is 60.7 Å². The molecule has 1 fully saturated rings. The lowest BCUT2D eigenvalue weighted by Gasteiger charge is -2.32. The van der Waals surface area contributed by atoms with Crippen LogP contribution in [0.25, 0.3) is 10.6 Å². The Balaban J connectivity index is 1.32. The molecular formula is C23H24N2O2S. The Morgan fingerprint density at radius 3 is 2.64 bits per heavy atom. The molecule has 1 saturated heterocycles. The van der Waals surface area contributed by atoms with E-state index in [0.29, 0.717) is 24.8 Å². The number of carbonyl (C=O) groups excluding carboxylic acids is 1. The van der Waals surface area contributed by atoms with Crippen LogP contribution in [0.1, 0.15) is 28.9 Å². The minimum atomic E-state index is 0.0335. The standard InChI is InChI=1S/C23H24N2O2S/c26-23(21-17-28-22(24-21)20-11-5-2-6-12-20)25-13-7-10-19(14-25)16-27-15-18-8-3-1-4-9-18/h1-6,8-9,11-12,17,19H,7,10,13-16H2. The third kappa shape index (κ3) is 4.66. The average molecular weight is 393 g/mol. The van der Waals surface area contributed by atoms with Crippen LogP contribution in [-0.4, -0.2) is 35.5 Å². The Bertz CT molecular complexity index is 895. The van der Waals surface area contributed by atoms with E-state index in [-0.39, 0.29) is 5.91 Å². The number of amides is 1. The summed E-state index contributed by atoms with van der Waals surface area (Å²) in [5.41, 5.74) is 2.79. The minimum absolute atomic E-state index is 0.0335. The maximum atomic E-state index is 12.9. The molecule has 0 radical (unpaired) electrons. The van der Waals surface area contributed by atoms with Gasteiger partial charge in [0.25, 0.3) is 5.91 Å². The summed E-state index contributed by atoms with van der Waals surface area (Å²) in [6.07, 6.45) is 2.12. The SMILES string of the molecule is O=C(c1csc(-c2ccccc2)n1)N1CCCC(COCc2ccccc2)C1. The minimum Gasteiger partial charge on any atom is -0.376 e. The predicted molar refractivity (Wildman–Crippen MR) is 112 cm³/mol. The lowest BCUT2D eigenvalue weighted by atomic mass is 9.98. The Morgan fingerprint density at radius 1 is 1.11 bits per heavy atom. The first kappa shape index (κ1) is 18.8. The highest BCUT2D eigenvalue weighted by atomic mass is 32.1. The van der Waals surface area contributed by atoms with E-state index >= 15 is 0 Å². The van der Waals surface area contributed by atoms with Crippen LogP contribution in [0.5, 0.6) is 0 Å². The van der Waals surface area contributed by atoms with Gasteiger partial charge in [-0.3, -0.25) is 4.79 Å². The molecule has 4 rings (SSSR count). The number of aromatic nitrogens is 1. The van der Waals surface area contributed by atoms with Gasteiger partial charge in [0.2, 0.25) is 0 Å². The zero-order valence-electron chi connectivity index (χ0n) is 15.8. The molecule has 1 aliphatic rings. The number of thiazole rings is 1. The fourth-order valence-electron chi connectivity index (χ4n) is 3.55. The second-order valence-electron chi connectivity index (χ2n) is 7.16. The lowest BCUT2D eigenvalue weighted by Crippen LogP contribution is -2.41.